The summed E-state index contributed by atoms with van der Waals surface area (Å²) < 4.78 is 39.2. The highest BCUT2D eigenvalue weighted by molar-refractivity contribution is 5.67. The van der Waals surface area contributed by atoms with Crippen molar-refractivity contribution in [3.63, 3.8) is 0 Å². The molecule has 0 amide bonds. The topological polar surface area (TPSA) is 38.0 Å². The van der Waals surface area contributed by atoms with Gasteiger partial charge in [0, 0.05) is 12.1 Å². The van der Waals surface area contributed by atoms with Crippen LogP contribution in [0.25, 0.3) is 0 Å². The van der Waals surface area contributed by atoms with Gasteiger partial charge in [0.1, 0.15) is 11.6 Å². The van der Waals surface area contributed by atoms with Crippen LogP contribution in [0, 0.1) is 17.5 Å². The molecule has 0 spiro atoms. The molecule has 2 aromatic carbocycles. The largest absolute Gasteiger partial charge is 0.395 e. The predicted octanol–water partition coefficient (Wildman–Crippen LogP) is 3.86. The van der Waals surface area contributed by atoms with Gasteiger partial charge in [0.15, 0.2) is 5.82 Å². The summed E-state index contributed by atoms with van der Waals surface area (Å²) >= 11 is 0. The summed E-state index contributed by atoms with van der Waals surface area (Å²) in [6.45, 7) is 1.79. The first-order valence-electron chi connectivity index (χ1n) is 5.74. The maximum absolute atomic E-state index is 13.3. The highest BCUT2D eigenvalue weighted by Gasteiger charge is 2.11. The second-order valence-corrected chi connectivity index (χ2v) is 4.27. The van der Waals surface area contributed by atoms with Gasteiger partial charge in [0.05, 0.1) is 11.4 Å². The molecule has 100 valence electrons. The van der Waals surface area contributed by atoms with Crippen LogP contribution in [0.15, 0.2) is 36.4 Å². The van der Waals surface area contributed by atoms with Crippen LogP contribution < -0.4 is 11.1 Å². The maximum atomic E-state index is 13.3. The standard InChI is InChI=1S/C14H13F3N2/c1-8(9-2-4-10(15)5-3-9)19-13-7-11(16)6-12(17)14(13)18/h2-8,19H,18H2,1H3. The summed E-state index contributed by atoms with van der Waals surface area (Å²) in [4.78, 5) is 0. The molecule has 2 nitrogen and oxygen atoms in total. The summed E-state index contributed by atoms with van der Waals surface area (Å²) in [5, 5.41) is 2.90. The minimum Gasteiger partial charge on any atom is -0.395 e. The summed E-state index contributed by atoms with van der Waals surface area (Å²) in [5.74, 6) is -1.86. The molecular formula is C14H13F3N2. The average Bonchev–Trinajstić information content (AvgIpc) is 2.36. The Morgan fingerprint density at radius 3 is 2.26 bits per heavy atom. The molecule has 0 aromatic heterocycles. The van der Waals surface area contributed by atoms with E-state index >= 15 is 0 Å². The first-order valence-corrected chi connectivity index (χ1v) is 5.74. The number of nitrogens with one attached hydrogen (secondary N) is 1. The Labute approximate surface area is 109 Å². The monoisotopic (exact) mass is 266 g/mol. The zero-order valence-corrected chi connectivity index (χ0v) is 10.3. The van der Waals surface area contributed by atoms with Gasteiger partial charge in [-0.2, -0.15) is 0 Å². The van der Waals surface area contributed by atoms with Gasteiger partial charge in [-0.3, -0.25) is 0 Å². The molecule has 19 heavy (non-hydrogen) atoms. The first kappa shape index (κ1) is 13.3. The molecule has 0 aliphatic carbocycles. The lowest BCUT2D eigenvalue weighted by molar-refractivity contribution is 0.586. The Morgan fingerprint density at radius 1 is 1.00 bits per heavy atom. The van der Waals surface area contributed by atoms with Crippen LogP contribution in [0.1, 0.15) is 18.5 Å². The van der Waals surface area contributed by atoms with Crippen LogP contribution in [0.2, 0.25) is 0 Å². The molecule has 2 rings (SSSR count). The fourth-order valence-electron chi connectivity index (χ4n) is 1.77. The fraction of sp³-hybridized carbons (Fsp3) is 0.143. The van der Waals surface area contributed by atoms with Gasteiger partial charge >= 0.3 is 0 Å². The van der Waals surface area contributed by atoms with Gasteiger partial charge in [0.25, 0.3) is 0 Å². The molecule has 3 N–H and O–H groups in total. The van der Waals surface area contributed by atoms with Gasteiger partial charge in [-0.1, -0.05) is 12.1 Å². The lowest BCUT2D eigenvalue weighted by Gasteiger charge is -2.17. The van der Waals surface area contributed by atoms with Crippen molar-refractivity contribution in [3.05, 3.63) is 59.4 Å². The molecular weight excluding hydrogens is 253 g/mol. The van der Waals surface area contributed by atoms with Crippen molar-refractivity contribution in [2.24, 2.45) is 0 Å². The molecule has 0 saturated carbocycles. The van der Waals surface area contributed by atoms with E-state index in [-0.39, 0.29) is 23.2 Å². The Morgan fingerprint density at radius 2 is 1.63 bits per heavy atom. The zero-order chi connectivity index (χ0) is 14.0. The highest BCUT2D eigenvalue weighted by Crippen LogP contribution is 2.27. The van der Waals surface area contributed by atoms with Gasteiger partial charge in [0.2, 0.25) is 0 Å². The normalized spacial score (nSPS) is 12.2. The quantitative estimate of drug-likeness (QED) is 0.828. The number of hydrogen-bond donors (Lipinski definition) is 2. The smallest absolute Gasteiger partial charge is 0.151 e. The van der Waals surface area contributed by atoms with Gasteiger partial charge < -0.3 is 11.1 Å². The molecule has 2 aromatic rings. The number of benzene rings is 2. The Balaban J connectivity index is 2.23. The lowest BCUT2D eigenvalue weighted by atomic mass is 10.1. The van der Waals surface area contributed by atoms with Gasteiger partial charge in [-0.05, 0) is 30.7 Å². The Bertz CT molecular complexity index is 582. The van der Waals surface area contributed by atoms with Crippen molar-refractivity contribution >= 4 is 11.4 Å². The van der Waals surface area contributed by atoms with Crippen molar-refractivity contribution in [2.45, 2.75) is 13.0 Å². The number of rotatable bonds is 3. The van der Waals surface area contributed by atoms with Crippen LogP contribution in [0.5, 0.6) is 0 Å². The van der Waals surface area contributed by atoms with E-state index in [0.29, 0.717) is 0 Å². The van der Waals surface area contributed by atoms with Crippen LogP contribution in [0.3, 0.4) is 0 Å². The SMILES string of the molecule is CC(Nc1cc(F)cc(F)c1N)c1ccc(F)cc1. The Kier molecular flexibility index (Phi) is 3.64. The molecule has 1 atom stereocenters. The molecule has 0 heterocycles. The van der Waals surface area contributed by atoms with Crippen molar-refractivity contribution in [1.82, 2.24) is 0 Å². The molecule has 0 aliphatic heterocycles. The summed E-state index contributed by atoms with van der Waals surface area (Å²) in [5.41, 5.74) is 6.35. The van der Waals surface area contributed by atoms with Crippen LogP contribution in [0.4, 0.5) is 24.5 Å². The number of halogens is 3. The number of anilines is 2. The molecule has 0 radical (unpaired) electrons. The minimum atomic E-state index is -0.811. The third-order valence-corrected chi connectivity index (χ3v) is 2.84. The molecule has 5 heteroatoms. The number of hydrogen-bond acceptors (Lipinski definition) is 2. The molecule has 1 unspecified atom stereocenters. The van der Waals surface area contributed by atoms with E-state index in [9.17, 15) is 13.2 Å². The van der Waals surface area contributed by atoms with Crippen molar-refractivity contribution in [1.29, 1.82) is 0 Å². The van der Waals surface area contributed by atoms with E-state index in [1.165, 1.54) is 12.1 Å². The van der Waals surface area contributed by atoms with E-state index in [2.05, 4.69) is 5.32 Å². The van der Waals surface area contributed by atoms with Crippen molar-refractivity contribution in [3.8, 4) is 0 Å². The van der Waals surface area contributed by atoms with Crippen molar-refractivity contribution < 1.29 is 13.2 Å². The summed E-state index contributed by atoms with van der Waals surface area (Å²) in [6.07, 6.45) is 0. The second kappa shape index (κ2) is 5.22. The van der Waals surface area contributed by atoms with Gasteiger partial charge in [-0.15, -0.1) is 0 Å². The highest BCUT2D eigenvalue weighted by atomic mass is 19.1. The zero-order valence-electron chi connectivity index (χ0n) is 10.3. The molecule has 0 bridgehead atoms. The average molecular weight is 266 g/mol. The molecule has 0 aliphatic rings. The van der Waals surface area contributed by atoms with E-state index < -0.39 is 11.6 Å². The van der Waals surface area contributed by atoms with Crippen LogP contribution in [-0.2, 0) is 0 Å². The van der Waals surface area contributed by atoms with Crippen LogP contribution >= 0.6 is 0 Å². The maximum Gasteiger partial charge on any atom is 0.151 e. The number of nitrogen functional groups attached to an aromatic ring is 1. The predicted molar refractivity (Wildman–Crippen MR) is 69.2 cm³/mol. The first-order chi connectivity index (χ1) is 8.97. The van der Waals surface area contributed by atoms with E-state index in [1.807, 2.05) is 0 Å². The van der Waals surface area contributed by atoms with Gasteiger partial charge in [-0.25, -0.2) is 13.2 Å². The second-order valence-electron chi connectivity index (χ2n) is 4.27. The molecule has 0 fully saturated rings. The third kappa shape index (κ3) is 2.99. The number of nitrogens with two attached hydrogens (primary N) is 1. The van der Waals surface area contributed by atoms with Crippen LogP contribution in [-0.4, -0.2) is 0 Å². The van der Waals surface area contributed by atoms with E-state index in [4.69, 9.17) is 5.73 Å². The van der Waals surface area contributed by atoms with E-state index in [1.54, 1.807) is 19.1 Å². The minimum absolute atomic E-state index is 0.143. The molecule has 0 saturated heterocycles. The fourth-order valence-corrected chi connectivity index (χ4v) is 1.77. The third-order valence-electron chi connectivity index (χ3n) is 2.84. The van der Waals surface area contributed by atoms with Crippen molar-refractivity contribution in [2.75, 3.05) is 11.1 Å². The summed E-state index contributed by atoms with van der Waals surface area (Å²) in [6, 6.07) is 7.43. The summed E-state index contributed by atoms with van der Waals surface area (Å²) in [7, 11) is 0. The lowest BCUT2D eigenvalue weighted by Crippen LogP contribution is -2.09. The van der Waals surface area contributed by atoms with E-state index in [0.717, 1.165) is 17.7 Å². The Hall–Kier alpha value is -2.17.